The van der Waals surface area contributed by atoms with Gasteiger partial charge >= 0.3 is 0 Å². The Morgan fingerprint density at radius 3 is 2.64 bits per heavy atom. The largest absolute Gasteiger partial charge is 0.383 e. The number of nitrogens with zero attached hydrogens (tertiary/aromatic N) is 4. The van der Waals surface area contributed by atoms with E-state index in [-0.39, 0.29) is 42.6 Å². The zero-order valence-electron chi connectivity index (χ0n) is 22.8. The minimum absolute atomic E-state index is 0.0708. The fourth-order valence-electron chi connectivity index (χ4n) is 5.25. The summed E-state index contributed by atoms with van der Waals surface area (Å²) < 4.78 is 6.91. The van der Waals surface area contributed by atoms with E-state index in [4.69, 9.17) is 4.74 Å². The Morgan fingerprint density at radius 1 is 1.10 bits per heavy atom. The van der Waals surface area contributed by atoms with Crippen molar-refractivity contribution in [1.82, 2.24) is 30.2 Å². The predicted octanol–water partition coefficient (Wildman–Crippen LogP) is 0.925. The van der Waals surface area contributed by atoms with Crippen molar-refractivity contribution in [3.8, 4) is 0 Å². The molecule has 210 valence electrons. The molecule has 0 saturated heterocycles. The van der Waals surface area contributed by atoms with Gasteiger partial charge in [-0.15, -0.1) is 0 Å². The van der Waals surface area contributed by atoms with Gasteiger partial charge in [0.15, 0.2) is 5.69 Å². The first-order valence-corrected chi connectivity index (χ1v) is 13.6. The lowest BCUT2D eigenvalue weighted by Crippen LogP contribution is -2.47. The molecule has 1 unspecified atom stereocenters. The molecule has 1 aliphatic carbocycles. The molecular weight excluding hydrogens is 500 g/mol. The summed E-state index contributed by atoms with van der Waals surface area (Å²) in [5.74, 6) is -0.769. The molecule has 4 rings (SSSR count). The second-order valence-corrected chi connectivity index (χ2v) is 10.1. The van der Waals surface area contributed by atoms with Crippen LogP contribution < -0.4 is 10.6 Å². The molecule has 0 spiro atoms. The highest BCUT2D eigenvalue weighted by molar-refractivity contribution is 5.95. The van der Waals surface area contributed by atoms with Gasteiger partial charge in [-0.05, 0) is 44.2 Å². The van der Waals surface area contributed by atoms with Crippen LogP contribution in [-0.2, 0) is 34.2 Å². The number of methoxy groups -OCH3 is 1. The Morgan fingerprint density at radius 2 is 1.87 bits per heavy atom. The molecule has 11 nitrogen and oxygen atoms in total. The van der Waals surface area contributed by atoms with Crippen LogP contribution in [0.3, 0.4) is 0 Å². The number of aryl methyl sites for hydroxylation is 1. The highest BCUT2D eigenvalue weighted by Crippen LogP contribution is 2.24. The second-order valence-electron chi connectivity index (χ2n) is 10.1. The third-order valence-corrected chi connectivity index (χ3v) is 7.30. The van der Waals surface area contributed by atoms with E-state index in [0.717, 1.165) is 17.7 Å². The van der Waals surface area contributed by atoms with Gasteiger partial charge in [-0.1, -0.05) is 18.2 Å². The van der Waals surface area contributed by atoms with E-state index in [9.17, 15) is 19.2 Å². The van der Waals surface area contributed by atoms with E-state index >= 15 is 0 Å². The van der Waals surface area contributed by atoms with Crippen LogP contribution in [0, 0.1) is 0 Å². The van der Waals surface area contributed by atoms with Crippen molar-refractivity contribution in [1.29, 1.82) is 0 Å². The summed E-state index contributed by atoms with van der Waals surface area (Å²) in [4.78, 5) is 55.6. The number of hydrogen-bond donors (Lipinski definition) is 2. The second kappa shape index (κ2) is 13.4. The topological polar surface area (TPSA) is 126 Å². The number of hydrogen-bond acceptors (Lipinski definition) is 6. The number of rotatable bonds is 4. The lowest BCUT2D eigenvalue weighted by molar-refractivity contribution is -0.137. The van der Waals surface area contributed by atoms with Gasteiger partial charge < -0.3 is 25.2 Å². The van der Waals surface area contributed by atoms with Gasteiger partial charge in [0.2, 0.25) is 11.8 Å². The van der Waals surface area contributed by atoms with Crippen molar-refractivity contribution < 1.29 is 23.9 Å². The van der Waals surface area contributed by atoms with E-state index in [1.165, 1.54) is 4.90 Å². The first kappa shape index (κ1) is 28.3. The van der Waals surface area contributed by atoms with Crippen molar-refractivity contribution in [2.45, 2.75) is 44.6 Å². The first-order valence-electron chi connectivity index (χ1n) is 13.6. The van der Waals surface area contributed by atoms with Gasteiger partial charge in [0, 0.05) is 69.6 Å². The summed E-state index contributed by atoms with van der Waals surface area (Å²) in [7, 11) is 3.39. The zero-order valence-corrected chi connectivity index (χ0v) is 22.8. The fraction of sp³-hybridized carbons (Fsp3) is 0.536. The molecule has 1 aliphatic heterocycles. The Hall–Kier alpha value is -3.73. The maximum atomic E-state index is 13.2. The van der Waals surface area contributed by atoms with Crippen LogP contribution in [0.25, 0.3) is 0 Å². The molecule has 2 aromatic rings. The molecule has 1 atom stereocenters. The Kier molecular flexibility index (Phi) is 9.69. The van der Waals surface area contributed by atoms with Crippen molar-refractivity contribution in [3.05, 3.63) is 52.8 Å². The Balaban J connectivity index is 1.55. The van der Waals surface area contributed by atoms with Crippen LogP contribution in [-0.4, -0.2) is 95.7 Å². The monoisotopic (exact) mass is 538 g/mol. The van der Waals surface area contributed by atoms with Crippen molar-refractivity contribution in [2.75, 3.05) is 46.4 Å². The molecule has 4 amide bonds. The van der Waals surface area contributed by atoms with Crippen LogP contribution >= 0.6 is 0 Å². The van der Waals surface area contributed by atoms with Crippen LogP contribution in [0.15, 0.2) is 30.3 Å². The highest BCUT2D eigenvalue weighted by Gasteiger charge is 2.30. The molecular formula is C28H38N6O5. The van der Waals surface area contributed by atoms with Crippen molar-refractivity contribution in [2.24, 2.45) is 7.05 Å². The predicted molar refractivity (Wildman–Crippen MR) is 144 cm³/mol. The minimum atomic E-state index is -0.253. The molecule has 11 heteroatoms. The number of nitrogens with one attached hydrogen (secondary N) is 2. The molecule has 2 bridgehead atoms. The number of carbonyl (C=O) groups is 4. The first-order chi connectivity index (χ1) is 18.9. The summed E-state index contributed by atoms with van der Waals surface area (Å²) in [6.07, 6.45) is 3.15. The molecule has 39 heavy (non-hydrogen) atoms. The van der Waals surface area contributed by atoms with Crippen molar-refractivity contribution >= 4 is 23.6 Å². The number of amides is 4. The molecule has 0 saturated carbocycles. The van der Waals surface area contributed by atoms with Crippen LogP contribution in [0.4, 0.5) is 0 Å². The number of carbonyl (C=O) groups excluding carboxylic acids is 4. The number of aromatic nitrogens is 2. The lowest BCUT2D eigenvalue weighted by Gasteiger charge is -2.27. The normalized spacial score (nSPS) is 19.6. The maximum Gasteiger partial charge on any atom is 0.272 e. The zero-order chi connectivity index (χ0) is 27.8. The third-order valence-electron chi connectivity index (χ3n) is 7.30. The smallest absolute Gasteiger partial charge is 0.272 e. The van der Waals surface area contributed by atoms with E-state index in [2.05, 4.69) is 15.7 Å². The molecule has 0 radical (unpaired) electrons. The average molecular weight is 539 g/mol. The van der Waals surface area contributed by atoms with Gasteiger partial charge in [0.1, 0.15) is 0 Å². The minimum Gasteiger partial charge on any atom is -0.383 e. The summed E-state index contributed by atoms with van der Waals surface area (Å²) in [6, 6.07) is 8.88. The Bertz CT molecular complexity index is 1180. The number of ether oxygens (including phenoxy) is 1. The molecule has 2 heterocycles. The molecule has 2 aliphatic rings. The summed E-state index contributed by atoms with van der Waals surface area (Å²) >= 11 is 0. The van der Waals surface area contributed by atoms with E-state index in [1.54, 1.807) is 28.8 Å². The van der Waals surface area contributed by atoms with E-state index < -0.39 is 0 Å². The van der Waals surface area contributed by atoms with Crippen LogP contribution in [0.2, 0.25) is 0 Å². The quantitative estimate of drug-likeness (QED) is 0.597. The molecule has 1 aromatic carbocycles. The van der Waals surface area contributed by atoms with Crippen molar-refractivity contribution in [3.63, 3.8) is 0 Å². The van der Waals surface area contributed by atoms with Gasteiger partial charge in [0.25, 0.3) is 11.8 Å². The Labute approximate surface area is 228 Å². The standard InChI is InChI=1S/C28H38N6O5/c1-32-23-12-11-21-18-22(23)26(31-32)27(37)29-13-7-15-33(28(38)20-8-4-3-5-9-20)14-6-10-25(36)34(16-17-39-2)19-24(35)30-21/h3-5,8-9,21H,6-7,10-19H2,1-2H3,(H,29,37)(H,30,35). The third kappa shape index (κ3) is 7.23. The summed E-state index contributed by atoms with van der Waals surface area (Å²) in [5, 5.41) is 10.5. The average Bonchev–Trinajstić information content (AvgIpc) is 3.27. The highest BCUT2D eigenvalue weighted by atomic mass is 16.5. The van der Waals surface area contributed by atoms with Crippen LogP contribution in [0.1, 0.15) is 57.8 Å². The molecule has 2 N–H and O–H groups in total. The van der Waals surface area contributed by atoms with Crippen LogP contribution in [0.5, 0.6) is 0 Å². The number of benzene rings is 1. The SMILES string of the molecule is COCCN1CC(=O)NC2CCc3c(c(nn3C)C(=O)NCCCN(C(=O)c3ccccc3)CCCC1=O)C2. The summed E-state index contributed by atoms with van der Waals surface area (Å²) in [6.45, 7) is 1.74. The lowest BCUT2D eigenvalue weighted by atomic mass is 9.91. The molecule has 1 aromatic heterocycles. The van der Waals surface area contributed by atoms with Gasteiger partial charge in [-0.2, -0.15) is 5.10 Å². The van der Waals surface area contributed by atoms with E-state index in [1.807, 2.05) is 25.2 Å². The van der Waals surface area contributed by atoms with E-state index in [0.29, 0.717) is 69.7 Å². The number of fused-ring (bicyclic) bond motifs is 1. The maximum absolute atomic E-state index is 13.2. The van der Waals surface area contributed by atoms with Gasteiger partial charge in [0.05, 0.1) is 13.2 Å². The van der Waals surface area contributed by atoms with Gasteiger partial charge in [-0.25, -0.2) is 0 Å². The molecule has 0 fully saturated rings. The summed E-state index contributed by atoms with van der Waals surface area (Å²) in [5.41, 5.74) is 2.79. The van der Waals surface area contributed by atoms with Gasteiger partial charge in [-0.3, -0.25) is 23.9 Å². The fourth-order valence-corrected chi connectivity index (χ4v) is 5.25.